The lowest BCUT2D eigenvalue weighted by molar-refractivity contribution is 0.102. The van der Waals surface area contributed by atoms with Crippen molar-refractivity contribution in [3.05, 3.63) is 46.7 Å². The van der Waals surface area contributed by atoms with Crippen LogP contribution in [-0.4, -0.2) is 23.0 Å². The Hall–Kier alpha value is -2.14. The first kappa shape index (κ1) is 13.3. The van der Waals surface area contributed by atoms with Crippen LogP contribution in [0.25, 0.3) is 0 Å². The van der Waals surface area contributed by atoms with E-state index in [-0.39, 0.29) is 11.9 Å². The third kappa shape index (κ3) is 3.20. The first-order valence-electron chi connectivity index (χ1n) is 5.54. The highest BCUT2D eigenvalue weighted by Gasteiger charge is 2.10. The molecular weight excluding hydrogens is 266 g/mol. The predicted molar refractivity (Wildman–Crippen MR) is 72.7 cm³/mol. The van der Waals surface area contributed by atoms with Gasteiger partial charge in [0, 0.05) is 17.5 Å². The van der Waals surface area contributed by atoms with Gasteiger partial charge in [0.2, 0.25) is 5.95 Å². The average Bonchev–Trinajstić information content (AvgIpc) is 2.39. The molecule has 0 aliphatic carbocycles. The molecular formula is C13H12ClN3O2. The van der Waals surface area contributed by atoms with E-state index in [9.17, 15) is 4.79 Å². The standard InChI is InChI=1S/C13H12ClN3O2/c1-8-5-6-15-13(16-8)17-12(18)9-3-4-10(14)11(7-9)19-2/h3-7H,1-2H3,(H,15,16,17,18). The smallest absolute Gasteiger partial charge is 0.258 e. The fourth-order valence-electron chi connectivity index (χ4n) is 1.48. The molecule has 2 aromatic rings. The summed E-state index contributed by atoms with van der Waals surface area (Å²) in [6, 6.07) is 6.52. The van der Waals surface area contributed by atoms with Crippen LogP contribution in [0.3, 0.4) is 0 Å². The Morgan fingerprint density at radius 1 is 1.37 bits per heavy atom. The van der Waals surface area contributed by atoms with Gasteiger partial charge in [-0.3, -0.25) is 10.1 Å². The average molecular weight is 278 g/mol. The van der Waals surface area contributed by atoms with Crippen molar-refractivity contribution in [2.75, 3.05) is 12.4 Å². The zero-order valence-electron chi connectivity index (χ0n) is 10.5. The number of amides is 1. The Morgan fingerprint density at radius 3 is 2.84 bits per heavy atom. The maximum atomic E-state index is 12.0. The lowest BCUT2D eigenvalue weighted by atomic mass is 10.2. The fraction of sp³-hybridized carbons (Fsp3) is 0.154. The van der Waals surface area contributed by atoms with Gasteiger partial charge in [-0.25, -0.2) is 9.97 Å². The molecule has 6 heteroatoms. The van der Waals surface area contributed by atoms with Gasteiger partial charge in [0.05, 0.1) is 12.1 Å². The predicted octanol–water partition coefficient (Wildman–Crippen LogP) is 2.70. The van der Waals surface area contributed by atoms with Crippen LogP contribution in [0.2, 0.25) is 5.02 Å². The minimum Gasteiger partial charge on any atom is -0.495 e. The van der Waals surface area contributed by atoms with E-state index < -0.39 is 0 Å². The molecule has 1 aromatic heterocycles. The summed E-state index contributed by atoms with van der Waals surface area (Å²) in [7, 11) is 1.49. The Balaban J connectivity index is 2.20. The molecule has 0 bridgehead atoms. The van der Waals surface area contributed by atoms with Crippen LogP contribution in [-0.2, 0) is 0 Å². The minimum atomic E-state index is -0.319. The lowest BCUT2D eigenvalue weighted by Crippen LogP contribution is -2.14. The van der Waals surface area contributed by atoms with E-state index in [1.165, 1.54) is 7.11 Å². The third-order valence-electron chi connectivity index (χ3n) is 2.43. The molecule has 0 fully saturated rings. The Morgan fingerprint density at radius 2 is 2.16 bits per heavy atom. The summed E-state index contributed by atoms with van der Waals surface area (Å²) >= 11 is 5.90. The van der Waals surface area contributed by atoms with E-state index in [4.69, 9.17) is 16.3 Å². The van der Waals surface area contributed by atoms with Crippen LogP contribution >= 0.6 is 11.6 Å². The van der Waals surface area contributed by atoms with E-state index in [0.29, 0.717) is 16.3 Å². The van der Waals surface area contributed by atoms with Gasteiger partial charge in [0.1, 0.15) is 5.75 Å². The summed E-state index contributed by atoms with van der Waals surface area (Å²) in [5.74, 6) is 0.388. The summed E-state index contributed by atoms with van der Waals surface area (Å²) in [6.07, 6.45) is 1.58. The highest BCUT2D eigenvalue weighted by molar-refractivity contribution is 6.32. The largest absolute Gasteiger partial charge is 0.495 e. The van der Waals surface area contributed by atoms with Crippen LogP contribution in [0.15, 0.2) is 30.5 Å². The number of aryl methyl sites for hydroxylation is 1. The first-order valence-corrected chi connectivity index (χ1v) is 5.92. The highest BCUT2D eigenvalue weighted by atomic mass is 35.5. The molecule has 0 unspecified atom stereocenters. The molecule has 98 valence electrons. The van der Waals surface area contributed by atoms with Crippen molar-refractivity contribution in [3.8, 4) is 5.75 Å². The third-order valence-corrected chi connectivity index (χ3v) is 2.75. The quantitative estimate of drug-likeness (QED) is 0.937. The summed E-state index contributed by atoms with van der Waals surface area (Å²) in [5.41, 5.74) is 1.20. The first-order chi connectivity index (χ1) is 9.10. The van der Waals surface area contributed by atoms with Crippen LogP contribution in [0.5, 0.6) is 5.75 Å². The number of halogens is 1. The van der Waals surface area contributed by atoms with Crippen molar-refractivity contribution in [2.45, 2.75) is 6.92 Å². The van der Waals surface area contributed by atoms with Gasteiger partial charge in [0.15, 0.2) is 0 Å². The second-order valence-corrected chi connectivity index (χ2v) is 4.23. The molecule has 1 N–H and O–H groups in total. The van der Waals surface area contributed by atoms with E-state index in [0.717, 1.165) is 5.69 Å². The SMILES string of the molecule is COc1cc(C(=O)Nc2nccc(C)n2)ccc1Cl. The lowest BCUT2D eigenvalue weighted by Gasteiger charge is -2.07. The molecule has 5 nitrogen and oxygen atoms in total. The number of nitrogens with zero attached hydrogens (tertiary/aromatic N) is 2. The summed E-state index contributed by atoms with van der Waals surface area (Å²) in [6.45, 7) is 1.82. The summed E-state index contributed by atoms with van der Waals surface area (Å²) in [5, 5.41) is 3.06. The number of hydrogen-bond acceptors (Lipinski definition) is 4. The van der Waals surface area contributed by atoms with Crippen molar-refractivity contribution in [2.24, 2.45) is 0 Å². The zero-order chi connectivity index (χ0) is 13.8. The molecule has 1 heterocycles. The van der Waals surface area contributed by atoms with Gasteiger partial charge in [0.25, 0.3) is 5.91 Å². The number of carbonyl (C=O) groups excluding carboxylic acids is 1. The number of anilines is 1. The molecule has 0 aliphatic rings. The Kier molecular flexibility index (Phi) is 3.97. The number of nitrogens with one attached hydrogen (secondary N) is 1. The summed E-state index contributed by atoms with van der Waals surface area (Å²) in [4.78, 5) is 20.1. The van der Waals surface area contributed by atoms with Crippen molar-refractivity contribution in [3.63, 3.8) is 0 Å². The number of hydrogen-bond donors (Lipinski definition) is 1. The molecule has 0 atom stereocenters. The van der Waals surface area contributed by atoms with E-state index >= 15 is 0 Å². The van der Waals surface area contributed by atoms with Gasteiger partial charge >= 0.3 is 0 Å². The molecule has 0 aliphatic heterocycles. The van der Waals surface area contributed by atoms with Crippen LogP contribution in [0, 0.1) is 6.92 Å². The monoisotopic (exact) mass is 277 g/mol. The molecule has 1 aromatic carbocycles. The molecule has 1 amide bonds. The van der Waals surface area contributed by atoms with E-state index in [2.05, 4.69) is 15.3 Å². The normalized spacial score (nSPS) is 10.1. The molecule has 0 spiro atoms. The number of methoxy groups -OCH3 is 1. The molecule has 2 rings (SSSR count). The molecule has 0 saturated heterocycles. The maximum Gasteiger partial charge on any atom is 0.258 e. The molecule has 19 heavy (non-hydrogen) atoms. The number of ether oxygens (including phenoxy) is 1. The van der Waals surface area contributed by atoms with Crippen molar-refractivity contribution >= 4 is 23.5 Å². The fourth-order valence-corrected chi connectivity index (χ4v) is 1.68. The van der Waals surface area contributed by atoms with Gasteiger partial charge in [-0.15, -0.1) is 0 Å². The minimum absolute atomic E-state index is 0.263. The number of aromatic nitrogens is 2. The van der Waals surface area contributed by atoms with Gasteiger partial charge in [-0.05, 0) is 31.2 Å². The van der Waals surface area contributed by atoms with E-state index in [1.54, 1.807) is 30.5 Å². The van der Waals surface area contributed by atoms with Crippen molar-refractivity contribution < 1.29 is 9.53 Å². The number of benzene rings is 1. The number of carbonyl (C=O) groups is 1. The van der Waals surface area contributed by atoms with Gasteiger partial charge in [-0.2, -0.15) is 0 Å². The van der Waals surface area contributed by atoms with Crippen molar-refractivity contribution in [1.82, 2.24) is 9.97 Å². The highest BCUT2D eigenvalue weighted by Crippen LogP contribution is 2.25. The Labute approximate surface area is 115 Å². The van der Waals surface area contributed by atoms with Gasteiger partial charge < -0.3 is 4.74 Å². The summed E-state index contributed by atoms with van der Waals surface area (Å²) < 4.78 is 5.06. The second kappa shape index (κ2) is 5.67. The number of rotatable bonds is 3. The Bertz CT molecular complexity index is 617. The topological polar surface area (TPSA) is 64.1 Å². The molecule has 0 radical (unpaired) electrons. The van der Waals surface area contributed by atoms with Crippen LogP contribution < -0.4 is 10.1 Å². The second-order valence-electron chi connectivity index (χ2n) is 3.83. The van der Waals surface area contributed by atoms with E-state index in [1.807, 2.05) is 6.92 Å². The van der Waals surface area contributed by atoms with Crippen LogP contribution in [0.4, 0.5) is 5.95 Å². The maximum absolute atomic E-state index is 12.0. The molecule has 0 saturated carbocycles. The zero-order valence-corrected chi connectivity index (χ0v) is 11.2. The van der Waals surface area contributed by atoms with Crippen molar-refractivity contribution in [1.29, 1.82) is 0 Å². The van der Waals surface area contributed by atoms with Crippen LogP contribution in [0.1, 0.15) is 16.1 Å². The van der Waals surface area contributed by atoms with Gasteiger partial charge in [-0.1, -0.05) is 11.6 Å².